The number of anilines is 3. The molecule has 7 rings (SSSR count). The summed E-state index contributed by atoms with van der Waals surface area (Å²) < 4.78 is 36.4. The van der Waals surface area contributed by atoms with Crippen LogP contribution in [-0.2, 0) is 10.0 Å². The normalized spacial score (nSPS) is 14.6. The smallest absolute Gasteiger partial charge is 0.278 e. The van der Waals surface area contributed by atoms with Crippen LogP contribution < -0.4 is 20.5 Å². The van der Waals surface area contributed by atoms with Crippen molar-refractivity contribution in [1.82, 2.24) is 23.2 Å². The fourth-order valence-corrected chi connectivity index (χ4v) is 8.22. The Morgan fingerprint density at radius 2 is 1.74 bits per heavy atom. The van der Waals surface area contributed by atoms with E-state index in [-0.39, 0.29) is 27.7 Å². The van der Waals surface area contributed by atoms with Crippen molar-refractivity contribution in [2.24, 2.45) is 0 Å². The lowest BCUT2D eigenvalue weighted by molar-refractivity contribution is 0.209. The first-order valence-corrected chi connectivity index (χ1v) is 17.5. The standard InChI is InChI=1S/C32H32ClN7O4S2/c1-19(2)37-12-14-38(15-13-37)26-18-27(44-4)25(17-23(26)33)35-32-36-29-22(30-34-24-10-16-45-28(24)31(41)40(30)32)9-11-39(29)46(42,43)21-7-5-20(3)6-8-21/h5-11,16-19H,12-15H2,1-4H3,(H,35,36). The molecule has 1 aliphatic heterocycles. The molecule has 0 amide bonds. The highest BCUT2D eigenvalue weighted by Crippen LogP contribution is 2.39. The molecular formula is C32H32ClN7O4S2. The number of nitrogens with one attached hydrogen (secondary N) is 1. The summed E-state index contributed by atoms with van der Waals surface area (Å²) >= 11 is 8.16. The van der Waals surface area contributed by atoms with Gasteiger partial charge in [-0.15, -0.1) is 11.3 Å². The van der Waals surface area contributed by atoms with Crippen LogP contribution in [0.2, 0.25) is 5.02 Å². The van der Waals surface area contributed by atoms with E-state index < -0.39 is 10.0 Å². The molecule has 0 aliphatic carbocycles. The molecule has 5 heterocycles. The van der Waals surface area contributed by atoms with Crippen LogP contribution in [0.5, 0.6) is 5.75 Å². The third-order valence-corrected chi connectivity index (χ3v) is 11.3. The molecular weight excluding hydrogens is 646 g/mol. The van der Waals surface area contributed by atoms with Gasteiger partial charge in [0.05, 0.1) is 39.3 Å². The first-order chi connectivity index (χ1) is 22.1. The Kier molecular flexibility index (Phi) is 7.67. The number of benzene rings is 2. The average Bonchev–Trinajstić information content (AvgIpc) is 3.70. The summed E-state index contributed by atoms with van der Waals surface area (Å²) in [4.78, 5) is 28.2. The first kappa shape index (κ1) is 30.5. The van der Waals surface area contributed by atoms with E-state index in [2.05, 4.69) is 29.0 Å². The van der Waals surface area contributed by atoms with Gasteiger partial charge in [-0.2, -0.15) is 4.98 Å². The number of rotatable bonds is 7. The fourth-order valence-electron chi connectivity index (χ4n) is 5.88. The van der Waals surface area contributed by atoms with Crippen molar-refractivity contribution < 1.29 is 13.2 Å². The van der Waals surface area contributed by atoms with E-state index in [4.69, 9.17) is 26.3 Å². The third kappa shape index (κ3) is 5.07. The minimum Gasteiger partial charge on any atom is -0.494 e. The summed E-state index contributed by atoms with van der Waals surface area (Å²) in [5.41, 5.74) is 2.82. The summed E-state index contributed by atoms with van der Waals surface area (Å²) in [5.74, 6) is 0.559. The van der Waals surface area contributed by atoms with Gasteiger partial charge in [0.1, 0.15) is 10.4 Å². The summed E-state index contributed by atoms with van der Waals surface area (Å²) in [6, 6.07) is 14.1. The van der Waals surface area contributed by atoms with Gasteiger partial charge in [-0.3, -0.25) is 9.69 Å². The maximum absolute atomic E-state index is 13.9. The van der Waals surface area contributed by atoms with Crippen molar-refractivity contribution in [2.75, 3.05) is 43.5 Å². The van der Waals surface area contributed by atoms with Crippen LogP contribution in [-0.4, -0.2) is 71.0 Å². The van der Waals surface area contributed by atoms with Crippen LogP contribution in [0.4, 0.5) is 17.3 Å². The molecule has 1 saturated heterocycles. The molecule has 0 spiro atoms. The molecule has 0 radical (unpaired) electrons. The largest absolute Gasteiger partial charge is 0.494 e. The zero-order chi connectivity index (χ0) is 32.3. The average molecular weight is 678 g/mol. The number of fused-ring (bicyclic) bond motifs is 4. The van der Waals surface area contributed by atoms with Gasteiger partial charge in [-0.25, -0.2) is 21.8 Å². The SMILES string of the molecule is COc1cc(N2CCN(C(C)C)CC2)c(Cl)cc1Nc1nc2c(ccn2S(=O)(=O)c2ccc(C)cc2)c2nc3ccsc3c(=O)n12. The van der Waals surface area contributed by atoms with Gasteiger partial charge in [0.25, 0.3) is 15.6 Å². The number of halogens is 1. The highest BCUT2D eigenvalue weighted by atomic mass is 35.5. The Hall–Kier alpha value is -4.17. The number of thiophene rings is 1. The zero-order valence-corrected chi connectivity index (χ0v) is 28.1. The van der Waals surface area contributed by atoms with Gasteiger partial charge in [0.2, 0.25) is 5.95 Å². The number of aromatic nitrogens is 4. The minimum atomic E-state index is -4.03. The van der Waals surface area contributed by atoms with Crippen LogP contribution in [0.25, 0.3) is 26.9 Å². The fraction of sp³-hybridized carbons (Fsp3) is 0.281. The van der Waals surface area contributed by atoms with Gasteiger partial charge >= 0.3 is 0 Å². The van der Waals surface area contributed by atoms with Gasteiger partial charge in [-0.05, 0) is 56.5 Å². The van der Waals surface area contributed by atoms with Crippen molar-refractivity contribution in [2.45, 2.75) is 31.7 Å². The molecule has 6 aromatic rings. The van der Waals surface area contributed by atoms with E-state index in [0.29, 0.717) is 38.1 Å². The summed E-state index contributed by atoms with van der Waals surface area (Å²) in [7, 11) is -2.47. The van der Waals surface area contributed by atoms with Gasteiger partial charge in [-0.1, -0.05) is 29.3 Å². The summed E-state index contributed by atoms with van der Waals surface area (Å²) in [6.45, 7) is 9.76. The molecule has 0 saturated carbocycles. The van der Waals surface area contributed by atoms with Crippen LogP contribution in [0.1, 0.15) is 19.4 Å². The van der Waals surface area contributed by atoms with Crippen molar-refractivity contribution in [3.05, 3.63) is 81.0 Å². The van der Waals surface area contributed by atoms with Gasteiger partial charge in [0, 0.05) is 44.5 Å². The third-order valence-electron chi connectivity index (χ3n) is 8.45. The van der Waals surface area contributed by atoms with Gasteiger partial charge < -0.3 is 15.0 Å². The van der Waals surface area contributed by atoms with Crippen molar-refractivity contribution >= 4 is 77.2 Å². The van der Waals surface area contributed by atoms with E-state index >= 15 is 0 Å². The molecule has 46 heavy (non-hydrogen) atoms. The first-order valence-electron chi connectivity index (χ1n) is 14.8. The zero-order valence-electron chi connectivity index (χ0n) is 25.7. The number of hydrogen-bond acceptors (Lipinski definition) is 10. The van der Waals surface area contributed by atoms with Crippen LogP contribution >= 0.6 is 22.9 Å². The van der Waals surface area contributed by atoms with Crippen LogP contribution in [0, 0.1) is 6.92 Å². The highest BCUT2D eigenvalue weighted by molar-refractivity contribution is 7.90. The number of aryl methyl sites for hydroxylation is 1. The molecule has 14 heteroatoms. The molecule has 1 fully saturated rings. The molecule has 1 aliphatic rings. The Labute approximate surface area is 274 Å². The number of ether oxygens (including phenoxy) is 1. The van der Waals surface area contributed by atoms with Crippen molar-refractivity contribution in [3.63, 3.8) is 0 Å². The molecule has 4 aromatic heterocycles. The molecule has 238 valence electrons. The Morgan fingerprint density at radius 3 is 2.43 bits per heavy atom. The maximum atomic E-state index is 13.9. The minimum absolute atomic E-state index is 0.0713. The summed E-state index contributed by atoms with van der Waals surface area (Å²) in [6.07, 6.45) is 1.44. The topological polar surface area (TPSA) is 114 Å². The number of methoxy groups -OCH3 is 1. The van der Waals surface area contributed by atoms with E-state index in [0.717, 1.165) is 41.4 Å². The van der Waals surface area contributed by atoms with Crippen LogP contribution in [0.15, 0.2) is 69.8 Å². The maximum Gasteiger partial charge on any atom is 0.278 e. The van der Waals surface area contributed by atoms with E-state index in [1.165, 1.54) is 21.9 Å². The molecule has 2 aromatic carbocycles. The van der Waals surface area contributed by atoms with Crippen LogP contribution in [0.3, 0.4) is 0 Å². The highest BCUT2D eigenvalue weighted by Gasteiger charge is 2.26. The molecule has 0 atom stereocenters. The lowest BCUT2D eigenvalue weighted by atomic mass is 10.2. The predicted octanol–water partition coefficient (Wildman–Crippen LogP) is 5.74. The lowest BCUT2D eigenvalue weighted by Gasteiger charge is -2.38. The molecule has 0 bridgehead atoms. The number of nitrogens with zero attached hydrogens (tertiary/aromatic N) is 6. The second-order valence-corrected chi connectivity index (χ2v) is 14.7. The van der Waals surface area contributed by atoms with E-state index in [1.54, 1.807) is 55.0 Å². The van der Waals surface area contributed by atoms with Crippen molar-refractivity contribution in [1.29, 1.82) is 0 Å². The quantitative estimate of drug-likeness (QED) is 0.226. The van der Waals surface area contributed by atoms with E-state index in [1.807, 2.05) is 13.0 Å². The summed E-state index contributed by atoms with van der Waals surface area (Å²) in [5, 5.41) is 5.95. The molecule has 11 nitrogen and oxygen atoms in total. The lowest BCUT2D eigenvalue weighted by Crippen LogP contribution is -2.49. The van der Waals surface area contributed by atoms with E-state index in [9.17, 15) is 13.2 Å². The Morgan fingerprint density at radius 1 is 1.00 bits per heavy atom. The Bertz CT molecular complexity index is 2290. The number of piperazine rings is 1. The molecule has 0 unspecified atom stereocenters. The Balaban J connectivity index is 1.38. The monoisotopic (exact) mass is 677 g/mol. The second-order valence-electron chi connectivity index (χ2n) is 11.6. The van der Waals surface area contributed by atoms with Gasteiger partial charge in [0.15, 0.2) is 11.3 Å². The number of hydrogen-bond donors (Lipinski definition) is 1. The second kappa shape index (κ2) is 11.6. The van der Waals surface area contributed by atoms with Crippen molar-refractivity contribution in [3.8, 4) is 5.75 Å². The molecule has 1 N–H and O–H groups in total. The predicted molar refractivity (Wildman–Crippen MR) is 184 cm³/mol.